The summed E-state index contributed by atoms with van der Waals surface area (Å²) >= 11 is 3.28. The number of carbonyl (C=O) groups is 1. The molecule has 6 nitrogen and oxygen atoms in total. The summed E-state index contributed by atoms with van der Waals surface area (Å²) in [6.45, 7) is 2.90. The lowest BCUT2D eigenvalue weighted by Crippen LogP contribution is -2.18. The largest absolute Gasteiger partial charge is 0.494 e. The smallest absolute Gasteiger partial charge is 0.293 e. The Balaban J connectivity index is 1.83. The molecule has 7 heteroatoms. The number of hydrazone groups is 1. The third-order valence-corrected chi connectivity index (χ3v) is 3.86. The highest BCUT2D eigenvalue weighted by atomic mass is 79.9. The van der Waals surface area contributed by atoms with E-state index in [1.807, 2.05) is 24.3 Å². The first-order valence-electron chi connectivity index (χ1n) is 7.85. The Morgan fingerprint density at radius 3 is 2.75 bits per heavy atom. The number of aromatic nitrogens is 2. The van der Waals surface area contributed by atoms with Crippen LogP contribution in [0.25, 0.3) is 0 Å². The quantitative estimate of drug-likeness (QED) is 0.424. The van der Waals surface area contributed by atoms with Crippen molar-refractivity contribution in [2.75, 3.05) is 6.61 Å². The van der Waals surface area contributed by atoms with Crippen LogP contribution >= 0.6 is 15.9 Å². The monoisotopic (exact) mass is 392 g/mol. The van der Waals surface area contributed by atoms with Crippen LogP contribution in [0.4, 0.5) is 0 Å². The maximum Gasteiger partial charge on any atom is 0.293 e. The minimum Gasteiger partial charge on any atom is -0.494 e. The number of nitrogens with one attached hydrogen (secondary N) is 1. The minimum absolute atomic E-state index is 0.297. The van der Waals surface area contributed by atoms with Gasteiger partial charge in [0.2, 0.25) is 0 Å². The van der Waals surface area contributed by atoms with Gasteiger partial charge in [0.1, 0.15) is 5.75 Å². The fourth-order valence-electron chi connectivity index (χ4n) is 2.02. The van der Waals surface area contributed by atoms with E-state index in [4.69, 9.17) is 4.74 Å². The van der Waals surface area contributed by atoms with Gasteiger partial charge in [-0.3, -0.25) is 9.48 Å². The van der Waals surface area contributed by atoms with Crippen LogP contribution in [0, 0.1) is 0 Å². The molecule has 0 unspecified atom stereocenters. The molecule has 1 heterocycles. The highest BCUT2D eigenvalue weighted by molar-refractivity contribution is 9.10. The van der Waals surface area contributed by atoms with E-state index in [9.17, 15) is 4.79 Å². The summed E-state index contributed by atoms with van der Waals surface area (Å²) in [6.07, 6.45) is 6.71. The van der Waals surface area contributed by atoms with Crippen LogP contribution in [0.3, 0.4) is 0 Å². The number of hydrogen-bond donors (Lipinski definition) is 1. The standard InChI is InChI=1S/C17H21BrN4O2/c1-3-4-5-10-24-14-8-6-13(7-9-14)11-19-20-17(23)16-15(18)12-22(2)21-16/h6-9,11-12H,3-5,10H2,1-2H3,(H,20,23). The maximum atomic E-state index is 11.9. The molecule has 128 valence electrons. The second-order valence-corrected chi connectivity index (χ2v) is 6.18. The summed E-state index contributed by atoms with van der Waals surface area (Å²) in [5.41, 5.74) is 3.63. The van der Waals surface area contributed by atoms with Crippen molar-refractivity contribution in [3.63, 3.8) is 0 Å². The van der Waals surface area contributed by atoms with Gasteiger partial charge >= 0.3 is 0 Å². The summed E-state index contributed by atoms with van der Waals surface area (Å²) in [5, 5.41) is 8.01. The molecule has 0 aliphatic rings. The van der Waals surface area contributed by atoms with Gasteiger partial charge in [-0.1, -0.05) is 19.8 Å². The number of carbonyl (C=O) groups excluding carboxylic acids is 1. The molecule has 1 aromatic heterocycles. The molecule has 1 aromatic carbocycles. The number of hydrogen-bond acceptors (Lipinski definition) is 4. The molecule has 0 saturated heterocycles. The zero-order valence-electron chi connectivity index (χ0n) is 13.8. The first kappa shape index (κ1) is 18.2. The molecule has 0 saturated carbocycles. The molecule has 2 rings (SSSR count). The highest BCUT2D eigenvalue weighted by Crippen LogP contribution is 2.14. The average molecular weight is 393 g/mol. The van der Waals surface area contributed by atoms with Gasteiger partial charge in [-0.05, 0) is 52.2 Å². The Bertz CT molecular complexity index is 695. The second-order valence-electron chi connectivity index (χ2n) is 5.32. The minimum atomic E-state index is -0.366. The lowest BCUT2D eigenvalue weighted by Gasteiger charge is -2.05. The molecule has 0 aliphatic heterocycles. The van der Waals surface area contributed by atoms with E-state index in [0.717, 1.165) is 24.3 Å². The number of halogens is 1. The zero-order valence-corrected chi connectivity index (χ0v) is 15.4. The zero-order chi connectivity index (χ0) is 17.4. The number of aryl methyl sites for hydroxylation is 1. The van der Waals surface area contributed by atoms with Crippen LogP contribution in [-0.2, 0) is 7.05 Å². The summed E-state index contributed by atoms with van der Waals surface area (Å²) in [5.74, 6) is 0.472. The van der Waals surface area contributed by atoms with Crippen molar-refractivity contribution in [3.05, 3.63) is 46.2 Å². The Kier molecular flexibility index (Phi) is 6.99. The fraction of sp³-hybridized carbons (Fsp3) is 0.353. The Morgan fingerprint density at radius 2 is 2.12 bits per heavy atom. The van der Waals surface area contributed by atoms with Gasteiger partial charge in [0.15, 0.2) is 5.69 Å². The van der Waals surface area contributed by atoms with Gasteiger partial charge in [-0.15, -0.1) is 0 Å². The van der Waals surface area contributed by atoms with E-state index in [-0.39, 0.29) is 5.91 Å². The Labute approximate surface area is 150 Å². The molecular weight excluding hydrogens is 372 g/mol. The SMILES string of the molecule is CCCCCOc1ccc(C=NNC(=O)c2nn(C)cc2Br)cc1. The predicted molar refractivity (Wildman–Crippen MR) is 97.4 cm³/mol. The number of nitrogens with zero attached hydrogens (tertiary/aromatic N) is 3. The summed E-state index contributed by atoms with van der Waals surface area (Å²) < 4.78 is 7.83. The van der Waals surface area contributed by atoms with Gasteiger partial charge in [0.05, 0.1) is 17.3 Å². The molecule has 1 amide bonds. The Hall–Kier alpha value is -2.15. The van der Waals surface area contributed by atoms with Gasteiger partial charge in [0, 0.05) is 13.2 Å². The number of amides is 1. The summed E-state index contributed by atoms with van der Waals surface area (Å²) in [7, 11) is 1.75. The summed E-state index contributed by atoms with van der Waals surface area (Å²) in [6, 6.07) is 7.57. The van der Waals surface area contributed by atoms with Crippen LogP contribution in [-0.4, -0.2) is 28.5 Å². The van der Waals surface area contributed by atoms with Crippen molar-refractivity contribution in [1.82, 2.24) is 15.2 Å². The number of benzene rings is 1. The van der Waals surface area contributed by atoms with Crippen LogP contribution in [0.1, 0.15) is 42.2 Å². The number of unbranched alkanes of at least 4 members (excludes halogenated alkanes) is 2. The highest BCUT2D eigenvalue weighted by Gasteiger charge is 2.13. The number of ether oxygens (including phenoxy) is 1. The van der Waals surface area contributed by atoms with Gasteiger partial charge in [0.25, 0.3) is 5.91 Å². The van der Waals surface area contributed by atoms with Crippen LogP contribution in [0.5, 0.6) is 5.75 Å². The van der Waals surface area contributed by atoms with Crippen molar-refractivity contribution in [2.24, 2.45) is 12.1 Å². The first-order valence-corrected chi connectivity index (χ1v) is 8.65. The molecule has 0 bridgehead atoms. The third kappa shape index (κ3) is 5.49. The van der Waals surface area contributed by atoms with Crippen LogP contribution in [0.15, 0.2) is 40.0 Å². The van der Waals surface area contributed by atoms with E-state index in [1.54, 1.807) is 24.1 Å². The topological polar surface area (TPSA) is 68.5 Å². The van der Waals surface area contributed by atoms with E-state index < -0.39 is 0 Å². The third-order valence-electron chi connectivity index (χ3n) is 3.28. The van der Waals surface area contributed by atoms with Gasteiger partial charge in [-0.25, -0.2) is 5.43 Å². The van der Waals surface area contributed by atoms with E-state index >= 15 is 0 Å². The van der Waals surface area contributed by atoms with Gasteiger partial charge in [-0.2, -0.15) is 10.2 Å². The lowest BCUT2D eigenvalue weighted by molar-refractivity contribution is 0.0948. The molecule has 0 atom stereocenters. The van der Waals surface area contributed by atoms with Crippen molar-refractivity contribution in [3.8, 4) is 5.75 Å². The average Bonchev–Trinajstić information content (AvgIpc) is 2.91. The molecule has 24 heavy (non-hydrogen) atoms. The van der Waals surface area contributed by atoms with E-state index in [1.165, 1.54) is 12.8 Å². The summed E-state index contributed by atoms with van der Waals surface area (Å²) in [4.78, 5) is 11.9. The van der Waals surface area contributed by atoms with E-state index in [2.05, 4.69) is 38.5 Å². The normalized spacial score (nSPS) is 11.0. The lowest BCUT2D eigenvalue weighted by atomic mass is 10.2. The molecule has 0 radical (unpaired) electrons. The van der Waals surface area contributed by atoms with Crippen LogP contribution in [0.2, 0.25) is 0 Å². The second kappa shape index (κ2) is 9.22. The molecule has 0 fully saturated rings. The molecule has 1 N–H and O–H groups in total. The molecule has 0 spiro atoms. The predicted octanol–water partition coefficient (Wildman–Crippen LogP) is 3.52. The molecule has 2 aromatic rings. The molecule has 0 aliphatic carbocycles. The molecular formula is C17H21BrN4O2. The van der Waals surface area contributed by atoms with Crippen molar-refractivity contribution in [2.45, 2.75) is 26.2 Å². The van der Waals surface area contributed by atoms with Crippen LogP contribution < -0.4 is 10.2 Å². The van der Waals surface area contributed by atoms with Crippen molar-refractivity contribution < 1.29 is 9.53 Å². The first-order chi connectivity index (χ1) is 11.6. The van der Waals surface area contributed by atoms with Gasteiger partial charge < -0.3 is 4.74 Å². The van der Waals surface area contributed by atoms with E-state index in [0.29, 0.717) is 10.2 Å². The Morgan fingerprint density at radius 1 is 1.38 bits per heavy atom. The van der Waals surface area contributed by atoms with Crippen molar-refractivity contribution >= 4 is 28.1 Å². The van der Waals surface area contributed by atoms with Crippen molar-refractivity contribution in [1.29, 1.82) is 0 Å². The fourth-order valence-corrected chi connectivity index (χ4v) is 2.58. The number of rotatable bonds is 8. The maximum absolute atomic E-state index is 11.9.